The molecule has 0 atom stereocenters. The number of amides is 1. The zero-order valence-corrected chi connectivity index (χ0v) is 10.7. The summed E-state index contributed by atoms with van der Waals surface area (Å²) in [6.07, 6.45) is 0. The van der Waals surface area contributed by atoms with Crippen molar-refractivity contribution in [2.45, 2.75) is 0 Å². The van der Waals surface area contributed by atoms with Gasteiger partial charge in [-0.1, -0.05) is 24.3 Å². The van der Waals surface area contributed by atoms with Crippen molar-refractivity contribution in [3.05, 3.63) is 60.2 Å². The second kappa shape index (κ2) is 6.38. The normalized spacial score (nSPS) is 9.80. The number of anilines is 2. The molecule has 2 aromatic carbocycles. The minimum absolute atomic E-state index is 0.112. The molecule has 0 saturated heterocycles. The first-order valence-corrected chi connectivity index (χ1v) is 6.07. The number of nitrogens with one attached hydrogen (secondary N) is 2. The minimum atomic E-state index is -1.02. The lowest BCUT2D eigenvalue weighted by Gasteiger charge is -2.08. The second-order valence-corrected chi connectivity index (χ2v) is 4.15. The second-order valence-electron chi connectivity index (χ2n) is 4.15. The predicted octanol–water partition coefficient (Wildman–Crippen LogP) is 2.44. The molecule has 0 aliphatic rings. The number of para-hydroxylation sites is 1. The number of hydrogen-bond donors (Lipinski definition) is 3. The van der Waals surface area contributed by atoms with E-state index in [2.05, 4.69) is 10.6 Å². The van der Waals surface area contributed by atoms with E-state index in [1.54, 1.807) is 12.1 Å². The molecule has 2 rings (SSSR count). The first-order valence-electron chi connectivity index (χ1n) is 6.07. The molecule has 5 nitrogen and oxygen atoms in total. The third-order valence-electron chi connectivity index (χ3n) is 2.62. The maximum absolute atomic E-state index is 11.7. The van der Waals surface area contributed by atoms with E-state index in [0.717, 1.165) is 5.69 Å². The number of carboxylic acid groups (broad SMARTS) is 1. The van der Waals surface area contributed by atoms with Gasteiger partial charge in [-0.3, -0.25) is 4.79 Å². The highest BCUT2D eigenvalue weighted by molar-refractivity contribution is 5.95. The van der Waals surface area contributed by atoms with E-state index in [1.165, 1.54) is 12.1 Å². The fraction of sp³-hybridized carbons (Fsp3) is 0.0667. The number of benzene rings is 2. The molecule has 5 heteroatoms. The summed E-state index contributed by atoms with van der Waals surface area (Å²) in [7, 11) is 0. The number of hydrogen-bond acceptors (Lipinski definition) is 3. The first kappa shape index (κ1) is 13.6. The molecule has 3 N–H and O–H groups in total. The van der Waals surface area contributed by atoms with Crippen molar-refractivity contribution in [2.75, 3.05) is 17.2 Å². The Labute approximate surface area is 116 Å². The maximum atomic E-state index is 11.7. The average Bonchev–Trinajstić information content (AvgIpc) is 2.46. The van der Waals surface area contributed by atoms with Gasteiger partial charge >= 0.3 is 5.97 Å². The summed E-state index contributed by atoms with van der Waals surface area (Å²) in [6, 6.07) is 15.5. The van der Waals surface area contributed by atoms with Gasteiger partial charge in [-0.05, 0) is 30.3 Å². The van der Waals surface area contributed by atoms with Crippen LogP contribution in [-0.2, 0) is 4.79 Å². The fourth-order valence-corrected chi connectivity index (χ4v) is 1.67. The van der Waals surface area contributed by atoms with Crippen LogP contribution in [0.5, 0.6) is 0 Å². The van der Waals surface area contributed by atoms with Crippen LogP contribution < -0.4 is 10.6 Å². The molecule has 0 aliphatic carbocycles. The largest absolute Gasteiger partial charge is 0.478 e. The van der Waals surface area contributed by atoms with E-state index in [1.807, 2.05) is 30.3 Å². The van der Waals surface area contributed by atoms with Crippen LogP contribution in [0.2, 0.25) is 0 Å². The molecule has 0 aliphatic heterocycles. The Kier molecular flexibility index (Phi) is 4.34. The number of carboxylic acids is 1. The lowest BCUT2D eigenvalue weighted by atomic mass is 10.2. The Bertz CT molecular complexity index is 612. The summed E-state index contributed by atoms with van der Waals surface area (Å²) < 4.78 is 0. The molecule has 0 unspecified atom stereocenters. The fourth-order valence-electron chi connectivity index (χ4n) is 1.67. The van der Waals surface area contributed by atoms with Gasteiger partial charge in [0.2, 0.25) is 5.91 Å². The van der Waals surface area contributed by atoms with E-state index < -0.39 is 5.97 Å². The average molecular weight is 270 g/mol. The van der Waals surface area contributed by atoms with Gasteiger partial charge in [0.25, 0.3) is 0 Å². The molecular formula is C15H14N2O3. The molecule has 20 heavy (non-hydrogen) atoms. The van der Waals surface area contributed by atoms with Crippen LogP contribution in [-0.4, -0.2) is 23.5 Å². The molecule has 0 saturated carbocycles. The Morgan fingerprint density at radius 2 is 1.65 bits per heavy atom. The third kappa shape index (κ3) is 3.84. The Balaban J connectivity index is 1.91. The van der Waals surface area contributed by atoms with Gasteiger partial charge in [0, 0.05) is 11.4 Å². The zero-order chi connectivity index (χ0) is 14.4. The number of carbonyl (C=O) groups excluding carboxylic acids is 1. The summed E-state index contributed by atoms with van der Waals surface area (Å²) >= 11 is 0. The number of rotatable bonds is 5. The van der Waals surface area contributed by atoms with Crippen LogP contribution >= 0.6 is 0 Å². The molecule has 0 heterocycles. The highest BCUT2D eigenvalue weighted by Crippen LogP contribution is 2.11. The van der Waals surface area contributed by atoms with Crippen LogP contribution in [0.3, 0.4) is 0 Å². The Morgan fingerprint density at radius 3 is 2.35 bits per heavy atom. The first-order chi connectivity index (χ1) is 9.65. The van der Waals surface area contributed by atoms with Crippen LogP contribution in [0.15, 0.2) is 54.6 Å². The van der Waals surface area contributed by atoms with Gasteiger partial charge in [0.1, 0.15) is 0 Å². The Morgan fingerprint density at radius 1 is 0.950 bits per heavy atom. The quantitative estimate of drug-likeness (QED) is 0.779. The number of carbonyl (C=O) groups is 2. The highest BCUT2D eigenvalue weighted by Gasteiger charge is 2.06. The topological polar surface area (TPSA) is 78.4 Å². The van der Waals surface area contributed by atoms with Gasteiger partial charge in [-0.15, -0.1) is 0 Å². The van der Waals surface area contributed by atoms with Crippen LogP contribution in [0, 0.1) is 0 Å². The molecule has 0 aromatic heterocycles. The van der Waals surface area contributed by atoms with Gasteiger partial charge < -0.3 is 15.7 Å². The molecule has 0 fully saturated rings. The van der Waals surface area contributed by atoms with Crippen molar-refractivity contribution >= 4 is 23.3 Å². The molecular weight excluding hydrogens is 256 g/mol. The molecule has 2 aromatic rings. The van der Waals surface area contributed by atoms with E-state index >= 15 is 0 Å². The predicted molar refractivity (Wildman–Crippen MR) is 77.0 cm³/mol. The molecule has 0 spiro atoms. The van der Waals surface area contributed by atoms with Crippen LogP contribution in [0.1, 0.15) is 10.4 Å². The van der Waals surface area contributed by atoms with Crippen molar-refractivity contribution < 1.29 is 14.7 Å². The van der Waals surface area contributed by atoms with E-state index in [0.29, 0.717) is 5.69 Å². The van der Waals surface area contributed by atoms with E-state index in [9.17, 15) is 9.59 Å². The van der Waals surface area contributed by atoms with Crippen molar-refractivity contribution in [3.63, 3.8) is 0 Å². The molecule has 0 radical (unpaired) electrons. The summed E-state index contributed by atoms with van der Waals surface area (Å²) in [5, 5.41) is 14.5. The number of aromatic carboxylic acids is 1. The summed E-state index contributed by atoms with van der Waals surface area (Å²) in [6.45, 7) is 0.112. The van der Waals surface area contributed by atoms with Gasteiger partial charge in [0.05, 0.1) is 12.1 Å². The highest BCUT2D eigenvalue weighted by atomic mass is 16.4. The van der Waals surface area contributed by atoms with E-state index in [4.69, 9.17) is 5.11 Å². The summed E-state index contributed by atoms with van der Waals surface area (Å²) in [5.41, 5.74) is 1.45. The zero-order valence-electron chi connectivity index (χ0n) is 10.7. The SMILES string of the molecule is O=C(CNc1ccccc1)Nc1cccc(C(=O)O)c1. The summed E-state index contributed by atoms with van der Waals surface area (Å²) in [4.78, 5) is 22.6. The molecule has 1 amide bonds. The molecule has 0 bridgehead atoms. The van der Waals surface area contributed by atoms with Crippen LogP contribution in [0.4, 0.5) is 11.4 Å². The van der Waals surface area contributed by atoms with Crippen molar-refractivity contribution in [3.8, 4) is 0 Å². The van der Waals surface area contributed by atoms with Crippen molar-refractivity contribution in [1.29, 1.82) is 0 Å². The monoisotopic (exact) mass is 270 g/mol. The van der Waals surface area contributed by atoms with Crippen molar-refractivity contribution in [2.24, 2.45) is 0 Å². The smallest absolute Gasteiger partial charge is 0.335 e. The Hall–Kier alpha value is -2.82. The van der Waals surface area contributed by atoms with Crippen LogP contribution in [0.25, 0.3) is 0 Å². The summed E-state index contributed by atoms with van der Waals surface area (Å²) in [5.74, 6) is -1.26. The lowest BCUT2D eigenvalue weighted by Crippen LogP contribution is -2.21. The maximum Gasteiger partial charge on any atom is 0.335 e. The third-order valence-corrected chi connectivity index (χ3v) is 2.62. The standard InChI is InChI=1S/C15H14N2O3/c18-14(10-16-12-6-2-1-3-7-12)17-13-8-4-5-11(9-13)15(19)20/h1-9,16H,10H2,(H,17,18)(H,19,20). The lowest BCUT2D eigenvalue weighted by molar-refractivity contribution is -0.114. The van der Waals surface area contributed by atoms with Gasteiger partial charge in [-0.25, -0.2) is 4.79 Å². The van der Waals surface area contributed by atoms with Crippen molar-refractivity contribution in [1.82, 2.24) is 0 Å². The van der Waals surface area contributed by atoms with E-state index in [-0.39, 0.29) is 18.0 Å². The molecule has 102 valence electrons. The van der Waals surface area contributed by atoms with Gasteiger partial charge in [-0.2, -0.15) is 0 Å². The van der Waals surface area contributed by atoms with Gasteiger partial charge in [0.15, 0.2) is 0 Å². The minimum Gasteiger partial charge on any atom is -0.478 e.